The molecule has 8 heteroatoms. The molecule has 0 saturated heterocycles. The van der Waals surface area contributed by atoms with Gasteiger partial charge in [0.2, 0.25) is 0 Å². The monoisotopic (exact) mass is 399 g/mol. The van der Waals surface area contributed by atoms with E-state index in [4.69, 9.17) is 0 Å². The molecular formula is C20H26F3N2O3+. The third-order valence-corrected chi connectivity index (χ3v) is 6.69. The third kappa shape index (κ3) is 3.49. The summed E-state index contributed by atoms with van der Waals surface area (Å²) in [6.45, 7) is 3.82. The maximum absolute atomic E-state index is 12.6. The van der Waals surface area contributed by atoms with Crippen LogP contribution in [0.1, 0.15) is 50.2 Å². The number of rotatable bonds is 5. The van der Waals surface area contributed by atoms with Crippen molar-refractivity contribution in [3.8, 4) is 5.75 Å². The molecule has 3 rings (SSSR count). The highest BCUT2D eigenvalue weighted by atomic mass is 19.4. The van der Waals surface area contributed by atoms with Gasteiger partial charge in [0.25, 0.3) is 0 Å². The van der Waals surface area contributed by atoms with E-state index >= 15 is 0 Å². The van der Waals surface area contributed by atoms with Crippen LogP contribution in [0.4, 0.5) is 18.9 Å². The molecule has 2 N–H and O–H groups in total. The first-order valence-electron chi connectivity index (χ1n) is 9.62. The number of phenols is 1. The highest BCUT2D eigenvalue weighted by Crippen LogP contribution is 2.64. The number of nitroso groups, excluding NO2 is 1. The van der Waals surface area contributed by atoms with Crippen LogP contribution in [0, 0.1) is 22.2 Å². The SMILES string of the molecule is CCC(CNC(=O)C(F)(F)F)[C@H]1c2c(ccc(O)c2[N+](C)=O)CC2(CC2)[C@H]1C. The Morgan fingerprint density at radius 2 is 2.04 bits per heavy atom. The highest BCUT2D eigenvalue weighted by molar-refractivity contribution is 5.81. The summed E-state index contributed by atoms with van der Waals surface area (Å²) in [5, 5.41) is 12.3. The first-order valence-corrected chi connectivity index (χ1v) is 9.62. The van der Waals surface area contributed by atoms with Crippen LogP contribution in [0.15, 0.2) is 12.1 Å². The Morgan fingerprint density at radius 3 is 2.54 bits per heavy atom. The number of nitrogens with zero attached hydrogens (tertiary/aromatic N) is 1. The Kier molecular flexibility index (Phi) is 5.18. The summed E-state index contributed by atoms with van der Waals surface area (Å²) in [6.07, 6.45) is -1.50. The van der Waals surface area contributed by atoms with E-state index < -0.39 is 12.1 Å². The number of aromatic hydroxyl groups is 1. The van der Waals surface area contributed by atoms with E-state index in [2.05, 4.69) is 6.92 Å². The van der Waals surface area contributed by atoms with Gasteiger partial charge in [-0.3, -0.25) is 4.79 Å². The number of alkyl halides is 3. The molecular weight excluding hydrogens is 373 g/mol. The zero-order chi connectivity index (χ0) is 20.9. The van der Waals surface area contributed by atoms with Gasteiger partial charge in [0.05, 0.1) is 0 Å². The van der Waals surface area contributed by atoms with E-state index in [9.17, 15) is 28.0 Å². The summed E-state index contributed by atoms with van der Waals surface area (Å²) in [5.74, 6) is -2.45. The van der Waals surface area contributed by atoms with Crippen molar-refractivity contribution in [3.05, 3.63) is 28.2 Å². The van der Waals surface area contributed by atoms with Gasteiger partial charge in [-0.25, -0.2) is 0 Å². The molecule has 0 bridgehead atoms. The molecule has 154 valence electrons. The fourth-order valence-corrected chi connectivity index (χ4v) is 4.95. The molecule has 28 heavy (non-hydrogen) atoms. The maximum atomic E-state index is 12.6. The summed E-state index contributed by atoms with van der Waals surface area (Å²) in [7, 11) is 1.31. The second-order valence-electron chi connectivity index (χ2n) is 8.23. The molecule has 1 unspecified atom stereocenters. The van der Waals surface area contributed by atoms with E-state index in [0.717, 1.165) is 30.4 Å². The summed E-state index contributed by atoms with van der Waals surface area (Å²) in [4.78, 5) is 23.5. The van der Waals surface area contributed by atoms with E-state index in [1.807, 2.05) is 18.3 Å². The van der Waals surface area contributed by atoms with Crippen molar-refractivity contribution in [2.75, 3.05) is 13.6 Å². The van der Waals surface area contributed by atoms with Crippen molar-refractivity contribution in [1.29, 1.82) is 0 Å². The van der Waals surface area contributed by atoms with E-state index in [1.54, 1.807) is 0 Å². The predicted octanol–water partition coefficient (Wildman–Crippen LogP) is 4.19. The number of carbonyl (C=O) groups excluding carboxylic acids is 1. The lowest BCUT2D eigenvalue weighted by atomic mass is 9.62. The molecule has 1 fully saturated rings. The smallest absolute Gasteiger partial charge is 0.471 e. The normalized spacial score (nSPS) is 23.8. The first-order chi connectivity index (χ1) is 13.0. The van der Waals surface area contributed by atoms with Crippen molar-refractivity contribution < 1.29 is 27.8 Å². The number of hydrogen-bond donors (Lipinski definition) is 2. The molecule has 0 aliphatic heterocycles. The molecule has 2 aliphatic carbocycles. The van der Waals surface area contributed by atoms with Crippen molar-refractivity contribution in [2.24, 2.45) is 17.3 Å². The molecule has 0 aromatic heterocycles. The van der Waals surface area contributed by atoms with E-state index in [-0.39, 0.29) is 41.2 Å². The van der Waals surface area contributed by atoms with Gasteiger partial charge in [0, 0.05) is 21.8 Å². The lowest BCUT2D eigenvalue weighted by Gasteiger charge is -2.42. The van der Waals surface area contributed by atoms with Gasteiger partial charge in [-0.1, -0.05) is 26.3 Å². The van der Waals surface area contributed by atoms with Crippen molar-refractivity contribution in [3.63, 3.8) is 0 Å². The molecule has 1 aromatic carbocycles. The van der Waals surface area contributed by atoms with Crippen LogP contribution < -0.4 is 5.32 Å². The molecule has 1 spiro atoms. The molecule has 1 aromatic rings. The fourth-order valence-electron chi connectivity index (χ4n) is 4.95. The summed E-state index contributed by atoms with van der Waals surface area (Å²) >= 11 is 0. The Balaban J connectivity index is 2.02. The van der Waals surface area contributed by atoms with Crippen molar-refractivity contribution in [1.82, 2.24) is 5.32 Å². The fraction of sp³-hybridized carbons (Fsp3) is 0.650. The quantitative estimate of drug-likeness (QED) is 0.730. The average molecular weight is 399 g/mol. The minimum Gasteiger partial charge on any atom is -0.502 e. The van der Waals surface area contributed by atoms with Crippen molar-refractivity contribution >= 4 is 11.6 Å². The zero-order valence-electron chi connectivity index (χ0n) is 16.3. The summed E-state index contributed by atoms with van der Waals surface area (Å²) < 4.78 is 38.5. The summed E-state index contributed by atoms with van der Waals surface area (Å²) in [5.41, 5.74) is 1.97. The predicted molar refractivity (Wildman–Crippen MR) is 97.4 cm³/mol. The standard InChI is InChI=1S/C20H25F3N2O3/c1-4-12(10-24-18(27)20(21,22)23)15-11(2)19(7-8-19)9-13-5-6-14(26)17(16(13)15)25(3)28/h5-6,11-12,15H,4,7-10H2,1-3H3,(H-,24,26,27,28)/p+1/t11-,12?,15-/m0/s1. The molecule has 0 radical (unpaired) electrons. The average Bonchev–Trinajstić information content (AvgIpc) is 3.37. The molecule has 1 saturated carbocycles. The van der Waals surface area contributed by atoms with Crippen molar-refractivity contribution in [2.45, 2.75) is 51.6 Å². The molecule has 0 heterocycles. The number of benzene rings is 1. The molecule has 5 nitrogen and oxygen atoms in total. The van der Waals surface area contributed by atoms with E-state index in [0.29, 0.717) is 11.2 Å². The third-order valence-electron chi connectivity index (χ3n) is 6.69. The zero-order valence-corrected chi connectivity index (χ0v) is 16.3. The number of phenolic OH excluding ortho intramolecular Hbond substituents is 1. The number of halogens is 3. The van der Waals surface area contributed by atoms with Crippen LogP contribution in [0.2, 0.25) is 0 Å². The molecule has 3 atom stereocenters. The Hall–Kier alpha value is -2.12. The van der Waals surface area contributed by atoms with Gasteiger partial charge < -0.3 is 10.4 Å². The van der Waals surface area contributed by atoms with Gasteiger partial charge in [-0.15, -0.1) is 0 Å². The van der Waals surface area contributed by atoms with Crippen LogP contribution in [-0.4, -0.2) is 35.5 Å². The van der Waals surface area contributed by atoms with Crippen LogP contribution in [0.3, 0.4) is 0 Å². The number of hydrogen-bond acceptors (Lipinski definition) is 3. The lowest BCUT2D eigenvalue weighted by Crippen LogP contribution is -2.43. The van der Waals surface area contributed by atoms with Crippen LogP contribution in [0.5, 0.6) is 5.75 Å². The van der Waals surface area contributed by atoms with E-state index in [1.165, 1.54) is 13.1 Å². The second kappa shape index (κ2) is 7.04. The molecule has 2 aliphatic rings. The Morgan fingerprint density at radius 1 is 1.39 bits per heavy atom. The Labute approximate surface area is 161 Å². The molecule has 1 amide bonds. The van der Waals surface area contributed by atoms with Crippen LogP contribution >= 0.6 is 0 Å². The Bertz CT molecular complexity index is 803. The summed E-state index contributed by atoms with van der Waals surface area (Å²) in [6, 6.07) is 3.33. The topological polar surface area (TPSA) is 69.4 Å². The van der Waals surface area contributed by atoms with Gasteiger partial charge in [0.15, 0.2) is 12.8 Å². The number of amides is 1. The maximum Gasteiger partial charge on any atom is 0.471 e. The lowest BCUT2D eigenvalue weighted by molar-refractivity contribution is -0.430. The minimum atomic E-state index is -4.93. The van der Waals surface area contributed by atoms with Gasteiger partial charge in [-0.05, 0) is 54.1 Å². The van der Waals surface area contributed by atoms with Gasteiger partial charge >= 0.3 is 17.8 Å². The minimum absolute atomic E-state index is 0.0921. The second-order valence-corrected chi connectivity index (χ2v) is 8.23. The first kappa shape index (κ1) is 20.6. The highest BCUT2D eigenvalue weighted by Gasteiger charge is 2.56. The largest absolute Gasteiger partial charge is 0.502 e. The van der Waals surface area contributed by atoms with Crippen LogP contribution in [-0.2, 0) is 11.2 Å². The van der Waals surface area contributed by atoms with Gasteiger partial charge in [-0.2, -0.15) is 13.2 Å². The van der Waals surface area contributed by atoms with Crippen LogP contribution in [0.25, 0.3) is 0 Å². The number of carbonyl (C=O) groups is 1. The number of nitrogens with one attached hydrogen (secondary N) is 1. The number of fused-ring (bicyclic) bond motifs is 1. The van der Waals surface area contributed by atoms with Gasteiger partial charge in [0.1, 0.15) is 0 Å².